The van der Waals surface area contributed by atoms with Crippen LogP contribution in [0.25, 0.3) is 0 Å². The molecule has 0 aromatic heterocycles. The van der Waals surface area contributed by atoms with Gasteiger partial charge >= 0.3 is 0 Å². The molecule has 2 heterocycles. The van der Waals surface area contributed by atoms with E-state index in [1.807, 2.05) is 0 Å². The zero-order valence-corrected chi connectivity index (χ0v) is 25.9. The zero-order chi connectivity index (χ0) is 33.6. The number of alkyl halides is 2. The van der Waals surface area contributed by atoms with E-state index in [1.54, 1.807) is 6.08 Å². The number of allylic oxidation sites excluding steroid dienone is 2. The number of nitrogens with zero attached hydrogens (tertiary/aromatic N) is 3. The lowest BCUT2D eigenvalue weighted by molar-refractivity contribution is -0.384. The lowest BCUT2D eigenvalue weighted by Gasteiger charge is -2.50. The van der Waals surface area contributed by atoms with Crippen LogP contribution in [0.3, 0.4) is 0 Å². The second kappa shape index (κ2) is 10.6. The molecule has 14 heteroatoms. The van der Waals surface area contributed by atoms with Crippen molar-refractivity contribution in [3.05, 3.63) is 99.9 Å². The first-order chi connectivity index (χ1) is 22.3. The van der Waals surface area contributed by atoms with E-state index in [-0.39, 0.29) is 41.2 Å². The first-order valence-corrected chi connectivity index (χ1v) is 15.3. The number of methoxy groups -OCH3 is 1. The van der Waals surface area contributed by atoms with Crippen molar-refractivity contribution in [3.8, 4) is 11.5 Å². The lowest BCUT2D eigenvalue weighted by atomic mass is 9.56. The molecule has 0 radical (unpaired) electrons. The highest BCUT2D eigenvalue weighted by Crippen LogP contribution is 2.66. The van der Waals surface area contributed by atoms with Gasteiger partial charge in [0.2, 0.25) is 11.8 Å². The number of hydrogen-bond donors (Lipinski definition) is 1. The minimum absolute atomic E-state index is 0.0169. The van der Waals surface area contributed by atoms with E-state index in [9.17, 15) is 38.8 Å². The van der Waals surface area contributed by atoms with Crippen molar-refractivity contribution in [2.24, 2.45) is 17.8 Å². The molecule has 3 aromatic carbocycles. The number of imide groups is 2. The van der Waals surface area contributed by atoms with Crippen LogP contribution in [0.4, 0.5) is 21.5 Å². The Morgan fingerprint density at radius 1 is 0.936 bits per heavy atom. The summed E-state index contributed by atoms with van der Waals surface area (Å²) in [7, 11) is 1.40. The molecule has 11 nitrogen and oxygen atoms in total. The highest BCUT2D eigenvalue weighted by Gasteiger charge is 2.77. The van der Waals surface area contributed by atoms with Crippen molar-refractivity contribution >= 4 is 63.9 Å². The Morgan fingerprint density at radius 3 is 2.34 bits per heavy atom. The summed E-state index contributed by atoms with van der Waals surface area (Å²) in [6.45, 7) is 0. The number of carbonyl (C=O) groups excluding carboxylic acids is 4. The number of phenols is 1. The van der Waals surface area contributed by atoms with Gasteiger partial charge in [0.25, 0.3) is 17.5 Å². The molecule has 4 aliphatic rings. The molecule has 240 valence electrons. The summed E-state index contributed by atoms with van der Waals surface area (Å²) in [5.41, 5.74) is 0.247. The highest BCUT2D eigenvalue weighted by atomic mass is 35.5. The quantitative estimate of drug-likeness (QED) is 0.127. The van der Waals surface area contributed by atoms with Crippen LogP contribution in [0.5, 0.6) is 11.5 Å². The van der Waals surface area contributed by atoms with Gasteiger partial charge in [-0.15, -0.1) is 23.2 Å². The molecular formula is C33H24Cl2FN3O8. The van der Waals surface area contributed by atoms with Crippen LogP contribution >= 0.6 is 23.2 Å². The molecule has 6 atom stereocenters. The fourth-order valence-electron chi connectivity index (χ4n) is 7.64. The van der Waals surface area contributed by atoms with Crippen LogP contribution in [-0.4, -0.2) is 50.5 Å². The predicted octanol–water partition coefficient (Wildman–Crippen LogP) is 5.22. The van der Waals surface area contributed by atoms with Gasteiger partial charge in [-0.05, 0) is 67.3 Å². The van der Waals surface area contributed by atoms with Crippen LogP contribution in [0.15, 0.2) is 78.4 Å². The standard InChI is InChI=1S/C33H24Cl2FN3O8/c1-47-20-9-12-25(40)23(14-20)27-21-10-11-22-26(29(42)37(28(22)41)18-3-2-4-19(13-18)39(45)46)24(21)15-32(34)30(43)38(31(44)33(27,32)35)17-7-5-16(36)6-8-17/h2-10,12-14,22,24,26-27,40H,11,15H2,1H3. The molecule has 4 amide bonds. The van der Waals surface area contributed by atoms with Crippen molar-refractivity contribution in [3.63, 3.8) is 0 Å². The second-order valence-electron chi connectivity index (χ2n) is 12.0. The number of nitro benzene ring substituents is 1. The summed E-state index contributed by atoms with van der Waals surface area (Å²) in [5, 5.41) is 22.6. The monoisotopic (exact) mass is 679 g/mol. The van der Waals surface area contributed by atoms with Crippen LogP contribution in [0.1, 0.15) is 24.3 Å². The smallest absolute Gasteiger partial charge is 0.271 e. The molecule has 6 unspecified atom stereocenters. The molecule has 2 aliphatic heterocycles. The number of fused-ring (bicyclic) bond motifs is 4. The number of phenolic OH excluding ortho intramolecular Hbond substituents is 1. The predicted molar refractivity (Wildman–Crippen MR) is 167 cm³/mol. The third-order valence-electron chi connectivity index (χ3n) is 9.74. The number of non-ortho nitro benzene ring substituents is 1. The summed E-state index contributed by atoms with van der Waals surface area (Å²) in [6.07, 6.45) is 1.40. The summed E-state index contributed by atoms with van der Waals surface area (Å²) >= 11 is 14.6. The van der Waals surface area contributed by atoms with Gasteiger partial charge in [0.15, 0.2) is 9.75 Å². The Balaban J connectivity index is 1.40. The van der Waals surface area contributed by atoms with E-state index in [0.717, 1.165) is 28.0 Å². The molecule has 1 saturated carbocycles. The number of rotatable bonds is 5. The number of benzene rings is 3. The van der Waals surface area contributed by atoms with Gasteiger partial charge in [-0.1, -0.05) is 17.7 Å². The largest absolute Gasteiger partial charge is 0.508 e. The first kappa shape index (κ1) is 30.8. The van der Waals surface area contributed by atoms with Gasteiger partial charge in [-0.2, -0.15) is 0 Å². The van der Waals surface area contributed by atoms with Gasteiger partial charge in [-0.25, -0.2) is 14.2 Å². The van der Waals surface area contributed by atoms with Gasteiger partial charge in [0.1, 0.15) is 17.3 Å². The molecule has 3 fully saturated rings. The van der Waals surface area contributed by atoms with Crippen LogP contribution < -0.4 is 14.5 Å². The Hall–Kier alpha value is -4.81. The minimum Gasteiger partial charge on any atom is -0.508 e. The number of hydrogen-bond acceptors (Lipinski definition) is 8. The van der Waals surface area contributed by atoms with Crippen LogP contribution in [0, 0.1) is 33.7 Å². The van der Waals surface area contributed by atoms with E-state index >= 15 is 0 Å². The van der Waals surface area contributed by atoms with E-state index in [0.29, 0.717) is 11.3 Å². The normalized spacial score (nSPS) is 29.7. The van der Waals surface area contributed by atoms with E-state index in [4.69, 9.17) is 27.9 Å². The highest BCUT2D eigenvalue weighted by molar-refractivity contribution is 6.58. The number of aromatic hydroxyl groups is 1. The van der Waals surface area contributed by atoms with Crippen LogP contribution in [0.2, 0.25) is 0 Å². The molecule has 0 spiro atoms. The number of anilines is 2. The fraction of sp³-hybridized carbons (Fsp3) is 0.273. The zero-order valence-electron chi connectivity index (χ0n) is 24.4. The molecule has 2 saturated heterocycles. The second-order valence-corrected chi connectivity index (χ2v) is 13.2. The van der Waals surface area contributed by atoms with Crippen molar-refractivity contribution in [1.82, 2.24) is 0 Å². The molecule has 0 bridgehead atoms. The SMILES string of the molecule is COc1ccc(O)c(C2C3=CCC4C(=O)N(c5cccc([N+](=O)[O-])c5)C(=O)C4C3CC3(Cl)C(=O)N(c4ccc(F)cc4)C(=O)C23Cl)c1. The van der Waals surface area contributed by atoms with Gasteiger partial charge < -0.3 is 9.84 Å². The van der Waals surface area contributed by atoms with Gasteiger partial charge in [0, 0.05) is 23.6 Å². The Kier molecular flexibility index (Phi) is 6.96. The molecule has 47 heavy (non-hydrogen) atoms. The Bertz CT molecular complexity index is 1950. The third-order valence-corrected chi connectivity index (χ3v) is 11.2. The number of amides is 4. The topological polar surface area (TPSA) is 147 Å². The fourth-order valence-corrected chi connectivity index (χ4v) is 8.56. The maximum atomic E-state index is 14.4. The number of ether oxygens (including phenoxy) is 1. The van der Waals surface area contributed by atoms with Gasteiger partial charge in [-0.3, -0.25) is 29.3 Å². The molecule has 7 rings (SSSR count). The summed E-state index contributed by atoms with van der Waals surface area (Å²) in [6, 6.07) is 14.1. The maximum Gasteiger partial charge on any atom is 0.271 e. The van der Waals surface area contributed by atoms with E-state index in [2.05, 4.69) is 0 Å². The molecule has 3 aromatic rings. The molecule has 1 N–H and O–H groups in total. The van der Waals surface area contributed by atoms with Crippen molar-refractivity contribution in [1.29, 1.82) is 0 Å². The summed E-state index contributed by atoms with van der Waals surface area (Å²) in [4.78, 5) is 64.8. The van der Waals surface area contributed by atoms with E-state index < -0.39 is 67.8 Å². The minimum atomic E-state index is -2.25. The summed E-state index contributed by atoms with van der Waals surface area (Å²) < 4.78 is 19.2. The third kappa shape index (κ3) is 4.17. The Morgan fingerprint density at radius 2 is 1.66 bits per heavy atom. The molecular weight excluding hydrogens is 656 g/mol. The Labute approximate surface area is 276 Å². The van der Waals surface area contributed by atoms with Crippen molar-refractivity contribution < 1.29 is 38.3 Å². The average molecular weight is 680 g/mol. The van der Waals surface area contributed by atoms with Crippen molar-refractivity contribution in [2.75, 3.05) is 16.9 Å². The van der Waals surface area contributed by atoms with Crippen molar-refractivity contribution in [2.45, 2.75) is 28.5 Å². The lowest BCUT2D eigenvalue weighted by Crippen LogP contribution is -2.60. The number of carbonyl (C=O) groups is 4. The van der Waals surface area contributed by atoms with Crippen LogP contribution in [-0.2, 0) is 19.2 Å². The summed E-state index contributed by atoms with van der Waals surface area (Å²) in [5.74, 6) is -7.83. The first-order valence-electron chi connectivity index (χ1n) is 14.5. The number of nitro groups is 1. The van der Waals surface area contributed by atoms with Gasteiger partial charge in [0.05, 0.1) is 35.2 Å². The number of halogens is 3. The maximum absolute atomic E-state index is 14.4. The molecule has 2 aliphatic carbocycles. The average Bonchev–Trinajstić information content (AvgIpc) is 3.39. The van der Waals surface area contributed by atoms with E-state index in [1.165, 1.54) is 55.6 Å².